The van der Waals surface area contributed by atoms with Crippen LogP contribution in [0.5, 0.6) is 0 Å². The Morgan fingerprint density at radius 1 is 1.41 bits per heavy atom. The third kappa shape index (κ3) is 4.21. The number of amides is 1. The molecule has 122 valence electrons. The van der Waals surface area contributed by atoms with Crippen LogP contribution in [-0.4, -0.2) is 49.4 Å². The molecular weight excluding hydrogens is 324 g/mol. The monoisotopic (exact) mass is 344 g/mol. The quantitative estimate of drug-likeness (QED) is 0.840. The lowest BCUT2D eigenvalue weighted by Crippen LogP contribution is -2.51. The minimum absolute atomic E-state index is 0.162. The van der Waals surface area contributed by atoms with Crippen molar-refractivity contribution in [2.24, 2.45) is 0 Å². The van der Waals surface area contributed by atoms with Crippen molar-refractivity contribution in [3.05, 3.63) is 34.9 Å². The van der Waals surface area contributed by atoms with Crippen LogP contribution in [0.2, 0.25) is 5.02 Å². The number of sulfonamides is 1. The lowest BCUT2D eigenvalue weighted by molar-refractivity contribution is -0.135. The van der Waals surface area contributed by atoms with Crippen LogP contribution in [-0.2, 0) is 21.4 Å². The lowest BCUT2D eigenvalue weighted by Gasteiger charge is -2.35. The Morgan fingerprint density at radius 3 is 2.77 bits per heavy atom. The molecule has 0 bridgehead atoms. The molecule has 0 spiro atoms. The van der Waals surface area contributed by atoms with Gasteiger partial charge in [0.15, 0.2) is 0 Å². The Morgan fingerprint density at radius 2 is 2.14 bits per heavy atom. The minimum Gasteiger partial charge on any atom is -0.340 e. The Labute approximate surface area is 136 Å². The molecule has 22 heavy (non-hydrogen) atoms. The van der Waals surface area contributed by atoms with Crippen molar-refractivity contribution in [2.75, 3.05) is 19.8 Å². The number of piperidine rings is 1. The van der Waals surface area contributed by atoms with Crippen LogP contribution < -0.4 is 0 Å². The summed E-state index contributed by atoms with van der Waals surface area (Å²) in [7, 11) is -1.68. The Hall–Kier alpha value is -1.11. The van der Waals surface area contributed by atoms with E-state index in [-0.39, 0.29) is 5.91 Å². The molecule has 1 aromatic rings. The second-order valence-corrected chi connectivity index (χ2v) is 8.08. The fourth-order valence-corrected chi connectivity index (χ4v) is 4.12. The molecule has 1 saturated heterocycles. The summed E-state index contributed by atoms with van der Waals surface area (Å²) in [5.74, 6) is -0.162. The van der Waals surface area contributed by atoms with E-state index in [0.29, 0.717) is 24.5 Å². The van der Waals surface area contributed by atoms with E-state index in [1.807, 2.05) is 12.1 Å². The van der Waals surface area contributed by atoms with Gasteiger partial charge >= 0.3 is 0 Å². The number of hydrogen-bond acceptors (Lipinski definition) is 3. The second-order valence-electron chi connectivity index (χ2n) is 5.71. The standard InChI is InChI=1S/C15H21ClN2O3S/c1-17(11-12-6-5-7-13(16)10-12)15(19)14-8-3-4-9-18(14)22(2,20)21/h5-7,10,14H,3-4,8-9,11H2,1-2H3/t14-/m0/s1. The molecule has 1 amide bonds. The predicted octanol–water partition coefficient (Wildman–Crippen LogP) is 2.11. The molecule has 1 aliphatic heterocycles. The number of nitrogens with zero attached hydrogens (tertiary/aromatic N) is 2. The molecule has 5 nitrogen and oxygen atoms in total. The maximum absolute atomic E-state index is 12.6. The van der Waals surface area contributed by atoms with Crippen molar-refractivity contribution in [2.45, 2.75) is 31.8 Å². The summed E-state index contributed by atoms with van der Waals surface area (Å²) < 4.78 is 25.1. The summed E-state index contributed by atoms with van der Waals surface area (Å²) in [6.07, 6.45) is 3.41. The van der Waals surface area contributed by atoms with Gasteiger partial charge in [0.25, 0.3) is 0 Å². The molecule has 0 N–H and O–H groups in total. The SMILES string of the molecule is CN(Cc1cccc(Cl)c1)C(=O)[C@@H]1CCCCN1S(C)(=O)=O. The molecular formula is C15H21ClN2O3S. The van der Waals surface area contributed by atoms with Crippen molar-refractivity contribution in [3.8, 4) is 0 Å². The summed E-state index contributed by atoms with van der Waals surface area (Å²) in [5.41, 5.74) is 0.921. The van der Waals surface area contributed by atoms with Crippen molar-refractivity contribution in [1.29, 1.82) is 0 Å². The highest BCUT2D eigenvalue weighted by molar-refractivity contribution is 7.88. The predicted molar refractivity (Wildman–Crippen MR) is 87.1 cm³/mol. The number of carbonyl (C=O) groups is 1. The smallest absolute Gasteiger partial charge is 0.241 e. The van der Waals surface area contributed by atoms with E-state index in [1.165, 1.54) is 4.31 Å². The first-order valence-corrected chi connectivity index (χ1v) is 9.48. The molecule has 7 heteroatoms. The Bertz CT molecular complexity index is 648. The highest BCUT2D eigenvalue weighted by Crippen LogP contribution is 2.22. The summed E-state index contributed by atoms with van der Waals surface area (Å²) >= 11 is 5.95. The Kier molecular flexibility index (Phi) is 5.47. The zero-order valence-corrected chi connectivity index (χ0v) is 14.4. The van der Waals surface area contributed by atoms with Crippen LogP contribution in [0.1, 0.15) is 24.8 Å². The van der Waals surface area contributed by atoms with Crippen molar-refractivity contribution in [3.63, 3.8) is 0 Å². The molecule has 1 atom stereocenters. The highest BCUT2D eigenvalue weighted by Gasteiger charge is 2.35. The first-order chi connectivity index (χ1) is 10.3. The average Bonchev–Trinajstić information content (AvgIpc) is 2.45. The summed E-state index contributed by atoms with van der Waals surface area (Å²) in [6, 6.07) is 6.72. The number of rotatable bonds is 4. The normalized spacial score (nSPS) is 19.9. The second kappa shape index (κ2) is 6.98. The van der Waals surface area contributed by atoms with Crippen LogP contribution in [0.15, 0.2) is 24.3 Å². The van der Waals surface area contributed by atoms with E-state index in [2.05, 4.69) is 0 Å². The van der Waals surface area contributed by atoms with Crippen LogP contribution in [0, 0.1) is 0 Å². The van der Waals surface area contributed by atoms with E-state index < -0.39 is 16.1 Å². The molecule has 1 fully saturated rings. The van der Waals surface area contributed by atoms with Crippen LogP contribution in [0.25, 0.3) is 0 Å². The van der Waals surface area contributed by atoms with E-state index in [1.54, 1.807) is 24.1 Å². The molecule has 0 aliphatic carbocycles. The summed E-state index contributed by atoms with van der Waals surface area (Å²) in [6.45, 7) is 0.827. The largest absolute Gasteiger partial charge is 0.340 e. The van der Waals surface area contributed by atoms with Gasteiger partial charge in [-0.2, -0.15) is 4.31 Å². The molecule has 1 aromatic carbocycles. The van der Waals surface area contributed by atoms with Crippen molar-refractivity contribution in [1.82, 2.24) is 9.21 Å². The van der Waals surface area contributed by atoms with E-state index in [9.17, 15) is 13.2 Å². The lowest BCUT2D eigenvalue weighted by atomic mass is 10.0. The number of hydrogen-bond donors (Lipinski definition) is 0. The molecule has 2 rings (SSSR count). The van der Waals surface area contributed by atoms with Crippen LogP contribution >= 0.6 is 11.6 Å². The molecule has 0 radical (unpaired) electrons. The van der Waals surface area contributed by atoms with Gasteiger partial charge in [0.05, 0.1) is 6.26 Å². The fraction of sp³-hybridized carbons (Fsp3) is 0.533. The third-order valence-electron chi connectivity index (χ3n) is 3.85. The van der Waals surface area contributed by atoms with Crippen molar-refractivity contribution < 1.29 is 13.2 Å². The summed E-state index contributed by atoms with van der Waals surface area (Å²) in [4.78, 5) is 14.2. The van der Waals surface area contributed by atoms with Gasteiger partial charge in [0.2, 0.25) is 15.9 Å². The summed E-state index contributed by atoms with van der Waals surface area (Å²) in [5, 5.41) is 0.619. The van der Waals surface area contributed by atoms with Gasteiger partial charge in [0.1, 0.15) is 6.04 Å². The minimum atomic E-state index is -3.37. The van der Waals surface area contributed by atoms with E-state index >= 15 is 0 Å². The average molecular weight is 345 g/mol. The van der Waals surface area contributed by atoms with E-state index in [4.69, 9.17) is 11.6 Å². The Balaban J connectivity index is 2.11. The first kappa shape index (κ1) is 17.2. The fourth-order valence-electron chi connectivity index (χ4n) is 2.79. The van der Waals surface area contributed by atoms with Gasteiger partial charge in [-0.25, -0.2) is 8.42 Å². The van der Waals surface area contributed by atoms with Gasteiger partial charge in [-0.1, -0.05) is 30.2 Å². The molecule has 0 aromatic heterocycles. The zero-order valence-electron chi connectivity index (χ0n) is 12.8. The molecule has 1 heterocycles. The third-order valence-corrected chi connectivity index (χ3v) is 5.37. The molecule has 0 saturated carbocycles. The van der Waals surface area contributed by atoms with E-state index in [0.717, 1.165) is 24.7 Å². The van der Waals surface area contributed by atoms with Gasteiger partial charge < -0.3 is 4.90 Å². The topological polar surface area (TPSA) is 57.7 Å². The van der Waals surface area contributed by atoms with Crippen LogP contribution in [0.4, 0.5) is 0 Å². The number of halogens is 1. The first-order valence-electron chi connectivity index (χ1n) is 7.25. The zero-order chi connectivity index (χ0) is 16.3. The van der Waals surface area contributed by atoms with Crippen LogP contribution in [0.3, 0.4) is 0 Å². The van der Waals surface area contributed by atoms with Gasteiger partial charge in [-0.3, -0.25) is 4.79 Å². The van der Waals surface area contributed by atoms with Gasteiger partial charge in [-0.05, 0) is 30.5 Å². The number of likely N-dealkylation sites (N-methyl/N-ethyl adjacent to an activating group) is 1. The maximum Gasteiger partial charge on any atom is 0.241 e. The number of benzene rings is 1. The highest BCUT2D eigenvalue weighted by atomic mass is 35.5. The maximum atomic E-state index is 12.6. The van der Waals surface area contributed by atoms with Gasteiger partial charge in [-0.15, -0.1) is 0 Å². The van der Waals surface area contributed by atoms with Crippen molar-refractivity contribution >= 4 is 27.5 Å². The van der Waals surface area contributed by atoms with Gasteiger partial charge in [0, 0.05) is 25.2 Å². The molecule has 1 aliphatic rings. The molecule has 0 unspecified atom stereocenters. The number of carbonyl (C=O) groups excluding carboxylic acids is 1.